The number of hydrogen-bond acceptors (Lipinski definition) is 4. The predicted octanol–water partition coefficient (Wildman–Crippen LogP) is 3.86. The van der Waals surface area contributed by atoms with Crippen LogP contribution in [0.3, 0.4) is 0 Å². The van der Waals surface area contributed by atoms with E-state index in [0.29, 0.717) is 24.3 Å². The van der Waals surface area contributed by atoms with E-state index in [0.717, 1.165) is 36.4 Å². The zero-order chi connectivity index (χ0) is 20.6. The van der Waals surface area contributed by atoms with Crippen LogP contribution in [0.2, 0.25) is 0 Å². The van der Waals surface area contributed by atoms with Crippen molar-refractivity contribution < 1.29 is 9.53 Å². The van der Waals surface area contributed by atoms with Crippen LogP contribution < -0.4 is 10.1 Å². The number of ether oxygens (including phenoxy) is 1. The molecule has 1 atom stereocenters. The molecule has 3 rings (SSSR count). The second-order valence-corrected chi connectivity index (χ2v) is 8.24. The maximum absolute atomic E-state index is 12.4. The highest BCUT2D eigenvalue weighted by atomic mass is 16.5. The largest absolute Gasteiger partial charge is 0.496 e. The molecule has 1 amide bonds. The summed E-state index contributed by atoms with van der Waals surface area (Å²) in [6, 6.07) is 14.2. The van der Waals surface area contributed by atoms with Gasteiger partial charge < -0.3 is 15.0 Å². The molecule has 0 aliphatic heterocycles. The number of nitrogens with one attached hydrogen (secondary N) is 1. The molecule has 29 heavy (non-hydrogen) atoms. The quantitative estimate of drug-likeness (QED) is 0.737. The molecule has 2 aromatic rings. The van der Waals surface area contributed by atoms with Crippen LogP contribution in [0.5, 0.6) is 5.75 Å². The Bertz CT molecular complexity index is 771. The average molecular weight is 396 g/mol. The van der Waals surface area contributed by atoms with Crippen molar-refractivity contribution in [2.75, 3.05) is 27.7 Å². The van der Waals surface area contributed by atoms with Crippen molar-refractivity contribution in [2.24, 2.45) is 11.8 Å². The molecule has 1 N–H and O–H groups in total. The monoisotopic (exact) mass is 395 g/mol. The minimum absolute atomic E-state index is 0.0660. The van der Waals surface area contributed by atoms with Crippen LogP contribution in [0, 0.1) is 11.8 Å². The number of rotatable bonds is 8. The van der Waals surface area contributed by atoms with Gasteiger partial charge in [-0.2, -0.15) is 0 Å². The van der Waals surface area contributed by atoms with E-state index in [4.69, 9.17) is 4.74 Å². The predicted molar refractivity (Wildman–Crippen MR) is 116 cm³/mol. The molecule has 0 unspecified atom stereocenters. The average Bonchev–Trinajstić information content (AvgIpc) is 2.74. The fourth-order valence-corrected chi connectivity index (χ4v) is 4.53. The van der Waals surface area contributed by atoms with Gasteiger partial charge in [0.05, 0.1) is 25.3 Å². The van der Waals surface area contributed by atoms with Crippen molar-refractivity contribution in [3.05, 3.63) is 59.9 Å². The molecular formula is C24H33N3O2. The number of pyridine rings is 1. The van der Waals surface area contributed by atoms with Crippen LogP contribution in [0.15, 0.2) is 48.7 Å². The Morgan fingerprint density at radius 3 is 2.52 bits per heavy atom. The van der Waals surface area contributed by atoms with Gasteiger partial charge in [0.25, 0.3) is 0 Å². The first-order valence-electron chi connectivity index (χ1n) is 10.5. The molecule has 0 bridgehead atoms. The van der Waals surface area contributed by atoms with Gasteiger partial charge in [-0.1, -0.05) is 24.3 Å². The van der Waals surface area contributed by atoms with Gasteiger partial charge in [-0.25, -0.2) is 0 Å². The number of aromatic nitrogens is 1. The normalized spacial score (nSPS) is 20.3. The van der Waals surface area contributed by atoms with E-state index in [1.54, 1.807) is 7.11 Å². The third-order valence-electron chi connectivity index (χ3n) is 6.02. The molecule has 1 saturated carbocycles. The number of nitrogens with zero attached hydrogens (tertiary/aromatic N) is 2. The summed E-state index contributed by atoms with van der Waals surface area (Å²) in [5.74, 6) is 2.00. The minimum atomic E-state index is 0.0660. The van der Waals surface area contributed by atoms with Crippen molar-refractivity contribution in [3.8, 4) is 5.75 Å². The van der Waals surface area contributed by atoms with E-state index in [9.17, 15) is 4.79 Å². The lowest BCUT2D eigenvalue weighted by Gasteiger charge is -2.37. The van der Waals surface area contributed by atoms with Crippen LogP contribution in [0.25, 0.3) is 0 Å². The first kappa shape index (κ1) is 21.3. The molecule has 0 saturated heterocycles. The highest BCUT2D eigenvalue weighted by molar-refractivity contribution is 5.79. The summed E-state index contributed by atoms with van der Waals surface area (Å²) in [5, 5.41) is 3.13. The third kappa shape index (κ3) is 5.80. The summed E-state index contributed by atoms with van der Waals surface area (Å²) < 4.78 is 5.34. The molecule has 156 valence electrons. The summed E-state index contributed by atoms with van der Waals surface area (Å²) in [6.07, 6.45) is 6.89. The molecular weight excluding hydrogens is 362 g/mol. The number of para-hydroxylation sites is 1. The maximum Gasteiger partial charge on any atom is 0.224 e. The first-order valence-corrected chi connectivity index (χ1v) is 10.5. The van der Waals surface area contributed by atoms with E-state index >= 15 is 0 Å². The second-order valence-electron chi connectivity index (χ2n) is 8.24. The molecule has 0 radical (unpaired) electrons. The fourth-order valence-electron chi connectivity index (χ4n) is 4.53. The highest BCUT2D eigenvalue weighted by Gasteiger charge is 2.30. The lowest BCUT2D eigenvalue weighted by molar-refractivity contribution is -0.120. The van der Waals surface area contributed by atoms with Crippen LogP contribution in [-0.2, 0) is 11.2 Å². The number of methoxy groups -OCH3 is 1. The van der Waals surface area contributed by atoms with Gasteiger partial charge >= 0.3 is 0 Å². The molecule has 1 aromatic heterocycles. The van der Waals surface area contributed by atoms with Crippen molar-refractivity contribution in [1.29, 1.82) is 0 Å². The summed E-state index contributed by atoms with van der Waals surface area (Å²) in [5.41, 5.74) is 2.09. The number of carbonyl (C=O) groups excluding carboxylic acids is 1. The van der Waals surface area contributed by atoms with Crippen LogP contribution >= 0.6 is 0 Å². The minimum Gasteiger partial charge on any atom is -0.496 e. The second kappa shape index (κ2) is 10.4. The fraction of sp³-hybridized carbons (Fsp3) is 0.500. The van der Waals surface area contributed by atoms with Crippen molar-refractivity contribution in [1.82, 2.24) is 15.2 Å². The SMILES string of the molecule is COc1ccccc1CC(=O)NCC1CCC([C@@H](c2ccccn2)N(C)C)CC1. The van der Waals surface area contributed by atoms with Crippen LogP contribution in [-0.4, -0.2) is 43.5 Å². The van der Waals surface area contributed by atoms with E-state index in [1.165, 1.54) is 12.8 Å². The first-order chi connectivity index (χ1) is 14.1. The summed E-state index contributed by atoms with van der Waals surface area (Å²) in [7, 11) is 5.92. The molecule has 1 fully saturated rings. The van der Waals surface area contributed by atoms with Crippen molar-refractivity contribution >= 4 is 5.91 Å². The number of hydrogen-bond donors (Lipinski definition) is 1. The van der Waals surface area contributed by atoms with Gasteiger partial charge in [-0.3, -0.25) is 9.78 Å². The summed E-state index contributed by atoms with van der Waals surface area (Å²) in [4.78, 5) is 19.3. The molecule has 1 aromatic carbocycles. The van der Waals surface area contributed by atoms with Crippen molar-refractivity contribution in [3.63, 3.8) is 0 Å². The maximum atomic E-state index is 12.4. The Kier molecular flexibility index (Phi) is 7.64. The Balaban J connectivity index is 1.47. The van der Waals surface area contributed by atoms with Gasteiger partial charge in [0.2, 0.25) is 5.91 Å². The molecule has 1 aliphatic carbocycles. The summed E-state index contributed by atoms with van der Waals surface area (Å²) in [6.45, 7) is 0.761. The molecule has 1 aliphatic rings. The topological polar surface area (TPSA) is 54.5 Å². The summed E-state index contributed by atoms with van der Waals surface area (Å²) >= 11 is 0. The van der Waals surface area contributed by atoms with Crippen LogP contribution in [0.1, 0.15) is 43.0 Å². The molecule has 1 heterocycles. The molecule has 0 spiro atoms. The van der Waals surface area contributed by atoms with E-state index in [1.807, 2.05) is 36.5 Å². The Hall–Kier alpha value is -2.40. The lowest BCUT2D eigenvalue weighted by Crippen LogP contribution is -2.35. The number of benzene rings is 1. The molecule has 5 heteroatoms. The zero-order valence-electron chi connectivity index (χ0n) is 17.8. The number of amides is 1. The Labute approximate surface area is 174 Å². The van der Waals surface area contributed by atoms with Crippen LogP contribution in [0.4, 0.5) is 0 Å². The van der Waals surface area contributed by atoms with Gasteiger partial charge in [-0.05, 0) is 69.8 Å². The Morgan fingerprint density at radius 1 is 1.14 bits per heavy atom. The van der Waals surface area contributed by atoms with E-state index in [2.05, 4.69) is 41.4 Å². The van der Waals surface area contributed by atoms with Gasteiger partial charge in [0.1, 0.15) is 5.75 Å². The standard InChI is InChI=1S/C24H33N3O2/c1-27(2)24(21-9-6-7-15-25-21)19-13-11-18(12-14-19)17-26-23(28)16-20-8-4-5-10-22(20)29-3/h4-10,15,18-19,24H,11-14,16-17H2,1-3H3,(H,26,28)/t18?,19?,24-/m0/s1. The van der Waals surface area contributed by atoms with E-state index in [-0.39, 0.29) is 5.91 Å². The van der Waals surface area contributed by atoms with Gasteiger partial charge in [-0.15, -0.1) is 0 Å². The van der Waals surface area contributed by atoms with Gasteiger partial charge in [0.15, 0.2) is 0 Å². The van der Waals surface area contributed by atoms with Crippen molar-refractivity contribution in [2.45, 2.75) is 38.1 Å². The van der Waals surface area contributed by atoms with E-state index < -0.39 is 0 Å². The van der Waals surface area contributed by atoms with Gasteiger partial charge in [0, 0.05) is 18.3 Å². The lowest BCUT2D eigenvalue weighted by atomic mass is 9.77. The smallest absolute Gasteiger partial charge is 0.224 e. The third-order valence-corrected chi connectivity index (χ3v) is 6.02. The highest BCUT2D eigenvalue weighted by Crippen LogP contribution is 2.38. The molecule has 5 nitrogen and oxygen atoms in total. The number of carbonyl (C=O) groups is 1. The Morgan fingerprint density at radius 2 is 1.86 bits per heavy atom. The zero-order valence-corrected chi connectivity index (χ0v) is 17.8.